The first-order chi connectivity index (χ1) is 14.8. The van der Waals surface area contributed by atoms with E-state index in [9.17, 15) is 4.39 Å². The number of hydrogen-bond acceptors (Lipinski definition) is 6. The van der Waals surface area contributed by atoms with Crippen LogP contribution in [0.15, 0.2) is 28.9 Å². The molecule has 1 fully saturated rings. The normalized spacial score (nSPS) is 19.2. The Balaban J connectivity index is 1.71. The topological polar surface area (TPSA) is 63.2 Å². The fraction of sp³-hybridized carbons (Fsp3) is 0.381. The van der Waals surface area contributed by atoms with Gasteiger partial charge in [-0.25, -0.2) is 18.7 Å². The van der Waals surface area contributed by atoms with Crippen molar-refractivity contribution >= 4 is 44.3 Å². The van der Waals surface area contributed by atoms with E-state index in [1.165, 1.54) is 18.3 Å². The average Bonchev–Trinajstić information content (AvgIpc) is 2.75. The van der Waals surface area contributed by atoms with E-state index < -0.39 is 11.6 Å². The summed E-state index contributed by atoms with van der Waals surface area (Å²) in [6, 6.07) is 4.88. The second-order valence-corrected chi connectivity index (χ2v) is 8.78. The monoisotopic (exact) mass is 511 g/mol. The van der Waals surface area contributed by atoms with Gasteiger partial charge in [-0.3, -0.25) is 4.98 Å². The zero-order chi connectivity index (χ0) is 22.1. The van der Waals surface area contributed by atoms with E-state index in [0.717, 1.165) is 6.54 Å². The molecule has 1 saturated heterocycles. The van der Waals surface area contributed by atoms with Gasteiger partial charge in [0.05, 0.1) is 16.1 Å². The van der Waals surface area contributed by atoms with E-state index in [1.54, 1.807) is 6.07 Å². The fourth-order valence-corrected chi connectivity index (χ4v) is 4.06. The molecule has 31 heavy (non-hydrogen) atoms. The molecule has 2 aromatic heterocycles. The summed E-state index contributed by atoms with van der Waals surface area (Å²) in [4.78, 5) is 15.1. The van der Waals surface area contributed by atoms with Gasteiger partial charge in [0.2, 0.25) is 0 Å². The molecule has 1 aliphatic heterocycles. The van der Waals surface area contributed by atoms with Crippen molar-refractivity contribution in [2.45, 2.75) is 39.1 Å². The SMILES string of the molecule is C[C@@H]1CN(c2nc(COCc3ncccc3F)nc3c(F)c(Br)c(Cl)cc23)[C@@H](C)CN1. The van der Waals surface area contributed by atoms with Gasteiger partial charge in [0.15, 0.2) is 11.6 Å². The summed E-state index contributed by atoms with van der Waals surface area (Å²) in [5.74, 6) is -0.109. The Bertz CT molecular complexity index is 1120. The van der Waals surface area contributed by atoms with Gasteiger partial charge in [-0.2, -0.15) is 0 Å². The molecule has 1 aliphatic rings. The lowest BCUT2D eigenvalue weighted by molar-refractivity contribution is 0.0969. The molecule has 4 rings (SSSR count). The van der Waals surface area contributed by atoms with Gasteiger partial charge in [-0.15, -0.1) is 0 Å². The lowest BCUT2D eigenvalue weighted by atomic mass is 10.1. The molecular formula is C21H21BrClF2N5O. The third-order valence-electron chi connectivity index (χ3n) is 5.19. The van der Waals surface area contributed by atoms with Crippen LogP contribution in [-0.2, 0) is 18.0 Å². The number of rotatable bonds is 5. The molecule has 1 N–H and O–H groups in total. The summed E-state index contributed by atoms with van der Waals surface area (Å²) < 4.78 is 34.6. The van der Waals surface area contributed by atoms with Crippen LogP contribution in [-0.4, -0.2) is 40.1 Å². The minimum Gasteiger partial charge on any atom is -0.367 e. The van der Waals surface area contributed by atoms with Gasteiger partial charge in [0.25, 0.3) is 0 Å². The molecule has 2 atom stereocenters. The van der Waals surface area contributed by atoms with Crippen molar-refractivity contribution in [2.24, 2.45) is 0 Å². The largest absolute Gasteiger partial charge is 0.367 e. The lowest BCUT2D eigenvalue weighted by Gasteiger charge is -2.39. The minimum atomic E-state index is -0.556. The number of ether oxygens (including phenoxy) is 1. The fourth-order valence-electron chi connectivity index (χ4n) is 3.57. The van der Waals surface area contributed by atoms with E-state index >= 15 is 4.39 Å². The van der Waals surface area contributed by atoms with E-state index in [1.807, 2.05) is 0 Å². The van der Waals surface area contributed by atoms with Gasteiger partial charge in [-0.05, 0) is 48.0 Å². The summed E-state index contributed by atoms with van der Waals surface area (Å²) in [5.41, 5.74) is 0.344. The predicted octanol–water partition coefficient (Wildman–Crippen LogP) is 4.62. The molecule has 3 aromatic rings. The van der Waals surface area contributed by atoms with E-state index in [4.69, 9.17) is 16.3 Å². The third kappa shape index (κ3) is 4.64. The van der Waals surface area contributed by atoms with Gasteiger partial charge in [-0.1, -0.05) is 11.6 Å². The number of piperazine rings is 1. The Hall–Kier alpha value is -1.94. The van der Waals surface area contributed by atoms with Crippen molar-refractivity contribution in [3.8, 4) is 0 Å². The Morgan fingerprint density at radius 3 is 2.87 bits per heavy atom. The Labute approximate surface area is 192 Å². The first kappa shape index (κ1) is 22.3. The van der Waals surface area contributed by atoms with Crippen LogP contribution in [0.4, 0.5) is 14.6 Å². The lowest BCUT2D eigenvalue weighted by Crippen LogP contribution is -2.54. The van der Waals surface area contributed by atoms with Crippen LogP contribution in [0.3, 0.4) is 0 Å². The third-order valence-corrected chi connectivity index (χ3v) is 6.50. The highest BCUT2D eigenvalue weighted by Gasteiger charge is 2.27. The molecule has 0 aliphatic carbocycles. The summed E-state index contributed by atoms with van der Waals surface area (Å²) in [7, 11) is 0. The molecule has 0 amide bonds. The van der Waals surface area contributed by atoms with Crippen LogP contribution >= 0.6 is 27.5 Å². The second-order valence-electron chi connectivity index (χ2n) is 7.58. The first-order valence-electron chi connectivity index (χ1n) is 9.86. The van der Waals surface area contributed by atoms with Gasteiger partial charge in [0.1, 0.15) is 29.5 Å². The van der Waals surface area contributed by atoms with Crippen molar-refractivity contribution < 1.29 is 13.5 Å². The summed E-state index contributed by atoms with van der Waals surface area (Å²) in [6.07, 6.45) is 1.50. The van der Waals surface area contributed by atoms with Crippen molar-refractivity contribution in [1.29, 1.82) is 0 Å². The molecule has 0 spiro atoms. The van der Waals surface area contributed by atoms with Crippen molar-refractivity contribution in [3.05, 3.63) is 57.0 Å². The molecule has 10 heteroatoms. The highest BCUT2D eigenvalue weighted by Crippen LogP contribution is 2.36. The van der Waals surface area contributed by atoms with Gasteiger partial charge >= 0.3 is 0 Å². The highest BCUT2D eigenvalue weighted by atomic mass is 79.9. The summed E-state index contributed by atoms with van der Waals surface area (Å²) in [6.45, 7) is 5.56. The second kappa shape index (κ2) is 9.28. The Morgan fingerprint density at radius 1 is 1.29 bits per heavy atom. The zero-order valence-electron chi connectivity index (χ0n) is 17.0. The number of fused-ring (bicyclic) bond motifs is 1. The Kier molecular flexibility index (Phi) is 6.66. The Morgan fingerprint density at radius 2 is 2.10 bits per heavy atom. The number of halogens is 4. The number of hydrogen-bond donors (Lipinski definition) is 1. The van der Waals surface area contributed by atoms with Gasteiger partial charge in [0, 0.05) is 36.8 Å². The number of pyridine rings is 1. The molecule has 3 heterocycles. The molecule has 0 radical (unpaired) electrons. The molecule has 1 aromatic carbocycles. The van der Waals surface area contributed by atoms with Crippen molar-refractivity contribution in [3.63, 3.8) is 0 Å². The maximum absolute atomic E-state index is 15.0. The van der Waals surface area contributed by atoms with E-state index in [0.29, 0.717) is 23.6 Å². The highest BCUT2D eigenvalue weighted by molar-refractivity contribution is 9.10. The maximum atomic E-state index is 15.0. The zero-order valence-corrected chi connectivity index (χ0v) is 19.3. The minimum absolute atomic E-state index is 0.0192. The molecule has 0 saturated carbocycles. The van der Waals surface area contributed by atoms with E-state index in [-0.39, 0.29) is 46.0 Å². The molecular weight excluding hydrogens is 492 g/mol. The quantitative estimate of drug-likeness (QED) is 0.503. The molecule has 6 nitrogen and oxygen atoms in total. The number of aromatic nitrogens is 3. The molecule has 164 valence electrons. The van der Waals surface area contributed by atoms with Crippen molar-refractivity contribution in [2.75, 3.05) is 18.0 Å². The van der Waals surface area contributed by atoms with Crippen LogP contribution in [0.25, 0.3) is 10.9 Å². The number of nitrogens with zero attached hydrogens (tertiary/aromatic N) is 4. The number of anilines is 1. The number of benzene rings is 1. The van der Waals surface area contributed by atoms with Crippen molar-refractivity contribution in [1.82, 2.24) is 20.3 Å². The first-order valence-corrected chi connectivity index (χ1v) is 11.0. The molecule has 0 bridgehead atoms. The maximum Gasteiger partial charge on any atom is 0.165 e. The summed E-state index contributed by atoms with van der Waals surface area (Å²) >= 11 is 9.42. The van der Waals surface area contributed by atoms with Crippen LogP contribution in [0.2, 0.25) is 5.02 Å². The predicted molar refractivity (Wildman–Crippen MR) is 119 cm³/mol. The summed E-state index contributed by atoms with van der Waals surface area (Å²) in [5, 5.41) is 4.21. The standard InChI is InChI=1S/C21H21BrClF2N5O/c1-11-8-30(12(2)7-27-11)21-13-6-14(23)18(22)19(25)20(13)28-17(29-21)10-31-9-16-15(24)4-3-5-26-16/h3-6,11-12,27H,7-10H2,1-2H3/t11-,12+/m1/s1. The number of nitrogens with one attached hydrogen (secondary N) is 1. The average molecular weight is 513 g/mol. The smallest absolute Gasteiger partial charge is 0.165 e. The van der Waals surface area contributed by atoms with Crippen LogP contribution in [0.1, 0.15) is 25.4 Å². The van der Waals surface area contributed by atoms with Crippen LogP contribution in [0, 0.1) is 11.6 Å². The van der Waals surface area contributed by atoms with Gasteiger partial charge < -0.3 is 15.0 Å². The van der Waals surface area contributed by atoms with E-state index in [2.05, 4.69) is 54.9 Å². The molecule has 0 unspecified atom stereocenters. The van der Waals surface area contributed by atoms with Crippen LogP contribution in [0.5, 0.6) is 0 Å². The van der Waals surface area contributed by atoms with Crippen LogP contribution < -0.4 is 10.2 Å².